The van der Waals surface area contributed by atoms with Gasteiger partial charge in [0.1, 0.15) is 5.82 Å². The molecule has 5 nitrogen and oxygen atoms in total. The third-order valence-electron chi connectivity index (χ3n) is 3.88. The lowest BCUT2D eigenvalue weighted by Gasteiger charge is -2.29. The van der Waals surface area contributed by atoms with Gasteiger partial charge in [-0.05, 0) is 31.2 Å². The summed E-state index contributed by atoms with van der Waals surface area (Å²) in [4.78, 5) is 15.7. The Morgan fingerprint density at radius 1 is 1.38 bits per heavy atom. The minimum absolute atomic E-state index is 0.0443. The van der Waals surface area contributed by atoms with Crippen molar-refractivity contribution in [2.45, 2.75) is 37.7 Å². The van der Waals surface area contributed by atoms with Crippen molar-refractivity contribution in [1.29, 1.82) is 0 Å². The highest BCUT2D eigenvalue weighted by Crippen LogP contribution is 2.37. The van der Waals surface area contributed by atoms with Gasteiger partial charge < -0.3 is 15.4 Å². The highest BCUT2D eigenvalue weighted by atomic mass is 19.4. The van der Waals surface area contributed by atoms with Crippen LogP contribution in [0.25, 0.3) is 0 Å². The summed E-state index contributed by atoms with van der Waals surface area (Å²) in [6.07, 6.45) is -1.85. The number of hydrogen-bond donors (Lipinski definition) is 2. The van der Waals surface area contributed by atoms with Gasteiger partial charge in [-0.3, -0.25) is 4.79 Å². The van der Waals surface area contributed by atoms with Gasteiger partial charge in [0.2, 0.25) is 11.8 Å². The summed E-state index contributed by atoms with van der Waals surface area (Å²) in [6, 6.07) is 3.93. The van der Waals surface area contributed by atoms with Gasteiger partial charge in [0, 0.05) is 12.1 Å². The van der Waals surface area contributed by atoms with Crippen molar-refractivity contribution in [2.75, 3.05) is 5.32 Å². The average molecular weight is 301 g/mol. The van der Waals surface area contributed by atoms with E-state index in [0.29, 0.717) is 12.0 Å². The van der Waals surface area contributed by atoms with E-state index in [0.717, 1.165) is 25.3 Å². The number of aromatic nitrogens is 1. The van der Waals surface area contributed by atoms with E-state index < -0.39 is 12.2 Å². The molecule has 0 radical (unpaired) electrons. The molecule has 8 heteroatoms. The van der Waals surface area contributed by atoms with Crippen LogP contribution in [0.1, 0.15) is 19.3 Å². The van der Waals surface area contributed by atoms with Crippen LogP contribution in [0.15, 0.2) is 18.2 Å². The molecule has 2 fully saturated rings. The summed E-state index contributed by atoms with van der Waals surface area (Å²) >= 11 is 0. The monoisotopic (exact) mass is 301 g/mol. The highest BCUT2D eigenvalue weighted by Gasteiger charge is 2.42. The molecule has 3 rings (SSSR count). The molecule has 1 aliphatic carbocycles. The molecule has 1 aromatic rings. The van der Waals surface area contributed by atoms with E-state index in [4.69, 9.17) is 0 Å². The third-order valence-corrected chi connectivity index (χ3v) is 3.88. The van der Waals surface area contributed by atoms with Crippen LogP contribution in [-0.4, -0.2) is 29.3 Å². The fourth-order valence-corrected chi connectivity index (χ4v) is 2.76. The molecule has 1 aliphatic heterocycles. The van der Waals surface area contributed by atoms with E-state index >= 15 is 0 Å². The van der Waals surface area contributed by atoms with E-state index in [-0.39, 0.29) is 17.8 Å². The lowest BCUT2D eigenvalue weighted by molar-refractivity contribution is -0.276. The second-order valence-electron chi connectivity index (χ2n) is 5.30. The van der Waals surface area contributed by atoms with Gasteiger partial charge in [-0.2, -0.15) is 4.98 Å². The molecule has 21 heavy (non-hydrogen) atoms. The van der Waals surface area contributed by atoms with Crippen LogP contribution in [0, 0.1) is 5.92 Å². The first-order chi connectivity index (χ1) is 9.90. The van der Waals surface area contributed by atoms with Crippen molar-refractivity contribution in [3.8, 4) is 5.88 Å². The molecule has 1 amide bonds. The Balaban J connectivity index is 1.62. The molecular weight excluding hydrogens is 287 g/mol. The van der Waals surface area contributed by atoms with Crippen LogP contribution in [0.4, 0.5) is 19.0 Å². The fraction of sp³-hybridized carbons (Fsp3) is 0.538. The van der Waals surface area contributed by atoms with E-state index in [9.17, 15) is 18.0 Å². The molecule has 114 valence electrons. The molecule has 1 saturated heterocycles. The zero-order valence-electron chi connectivity index (χ0n) is 11.0. The predicted molar refractivity (Wildman–Crippen MR) is 67.6 cm³/mol. The standard InChI is InChI=1S/C13H14F3N3O2/c14-13(15,16)21-11-3-1-2-10(18-11)19-12(20)9-6-7-4-5-8(7)17-9/h1-3,7-9,17H,4-6H2,(H,18,19,20)/t7-,8-,9+/m1/s1. The van der Waals surface area contributed by atoms with Crippen molar-refractivity contribution in [1.82, 2.24) is 10.3 Å². The number of carbonyl (C=O) groups excluding carboxylic acids is 1. The van der Waals surface area contributed by atoms with E-state index in [1.165, 1.54) is 12.1 Å². The number of nitrogens with one attached hydrogen (secondary N) is 2. The Morgan fingerprint density at radius 3 is 2.76 bits per heavy atom. The molecule has 0 spiro atoms. The van der Waals surface area contributed by atoms with Gasteiger partial charge in [-0.1, -0.05) is 6.07 Å². The molecule has 2 N–H and O–H groups in total. The second kappa shape index (κ2) is 5.18. The van der Waals surface area contributed by atoms with Crippen molar-refractivity contribution >= 4 is 11.7 Å². The fourth-order valence-electron chi connectivity index (χ4n) is 2.76. The van der Waals surface area contributed by atoms with Gasteiger partial charge in [-0.15, -0.1) is 13.2 Å². The van der Waals surface area contributed by atoms with Gasteiger partial charge in [0.25, 0.3) is 0 Å². The first-order valence-electron chi connectivity index (χ1n) is 6.70. The molecule has 1 aromatic heterocycles. The third kappa shape index (κ3) is 3.26. The summed E-state index contributed by atoms with van der Waals surface area (Å²) in [5.74, 6) is -0.294. The number of nitrogens with zero attached hydrogens (tertiary/aromatic N) is 1. The summed E-state index contributed by atoms with van der Waals surface area (Å²) < 4.78 is 40.1. The zero-order valence-corrected chi connectivity index (χ0v) is 11.0. The summed E-state index contributed by atoms with van der Waals surface area (Å²) in [6.45, 7) is 0. The van der Waals surface area contributed by atoms with Gasteiger partial charge >= 0.3 is 6.36 Å². The smallest absolute Gasteiger partial charge is 0.388 e. The maximum Gasteiger partial charge on any atom is 0.574 e. The Morgan fingerprint density at radius 2 is 2.19 bits per heavy atom. The maximum atomic E-state index is 12.1. The summed E-state index contributed by atoms with van der Waals surface area (Å²) in [5.41, 5.74) is 0. The van der Waals surface area contributed by atoms with Crippen LogP contribution in [0.2, 0.25) is 0 Å². The quantitative estimate of drug-likeness (QED) is 0.897. The van der Waals surface area contributed by atoms with Crippen LogP contribution in [0.3, 0.4) is 0 Å². The van der Waals surface area contributed by atoms with Crippen molar-refractivity contribution < 1.29 is 22.7 Å². The van der Waals surface area contributed by atoms with Gasteiger partial charge in [0.05, 0.1) is 6.04 Å². The van der Waals surface area contributed by atoms with Crippen molar-refractivity contribution in [2.24, 2.45) is 5.92 Å². The highest BCUT2D eigenvalue weighted by molar-refractivity contribution is 5.94. The molecule has 3 atom stereocenters. The number of ether oxygens (including phenoxy) is 1. The Bertz CT molecular complexity index is 538. The van der Waals surface area contributed by atoms with Crippen LogP contribution < -0.4 is 15.4 Å². The van der Waals surface area contributed by atoms with E-state index in [1.807, 2.05) is 0 Å². The Labute approximate surface area is 118 Å². The maximum absolute atomic E-state index is 12.1. The molecule has 0 bridgehead atoms. The lowest BCUT2D eigenvalue weighted by Crippen LogP contribution is -2.41. The number of hydrogen-bond acceptors (Lipinski definition) is 4. The Hall–Kier alpha value is -1.83. The minimum atomic E-state index is -4.80. The number of amides is 1. The molecule has 0 unspecified atom stereocenters. The predicted octanol–water partition coefficient (Wildman–Crippen LogP) is 2.06. The summed E-state index contributed by atoms with van der Waals surface area (Å²) in [5, 5.41) is 5.73. The normalized spacial score (nSPS) is 27.7. The topological polar surface area (TPSA) is 63.2 Å². The average Bonchev–Trinajstić information content (AvgIpc) is 2.63. The van der Waals surface area contributed by atoms with Gasteiger partial charge in [0.15, 0.2) is 0 Å². The van der Waals surface area contributed by atoms with E-state index in [1.54, 1.807) is 0 Å². The molecular formula is C13H14F3N3O2. The zero-order chi connectivity index (χ0) is 15.0. The number of fused-ring (bicyclic) bond motifs is 1. The number of carbonyl (C=O) groups is 1. The van der Waals surface area contributed by atoms with Crippen LogP contribution in [-0.2, 0) is 4.79 Å². The molecule has 1 saturated carbocycles. The second-order valence-corrected chi connectivity index (χ2v) is 5.30. The minimum Gasteiger partial charge on any atom is -0.388 e. The van der Waals surface area contributed by atoms with Crippen LogP contribution in [0.5, 0.6) is 5.88 Å². The first-order valence-corrected chi connectivity index (χ1v) is 6.70. The Kier molecular flexibility index (Phi) is 3.48. The molecule has 2 heterocycles. The number of anilines is 1. The van der Waals surface area contributed by atoms with Gasteiger partial charge in [-0.25, -0.2) is 0 Å². The molecule has 0 aromatic carbocycles. The number of halogens is 3. The lowest BCUT2D eigenvalue weighted by atomic mass is 9.80. The van der Waals surface area contributed by atoms with E-state index in [2.05, 4.69) is 20.4 Å². The van der Waals surface area contributed by atoms with Crippen LogP contribution >= 0.6 is 0 Å². The molecule has 2 aliphatic rings. The first kappa shape index (κ1) is 14.1. The van der Waals surface area contributed by atoms with Crippen molar-refractivity contribution in [3.05, 3.63) is 18.2 Å². The number of rotatable bonds is 3. The SMILES string of the molecule is O=C(Nc1cccc(OC(F)(F)F)n1)[C@@H]1C[C@H]2CC[C@H]2N1. The number of alkyl halides is 3. The number of pyridine rings is 1. The summed E-state index contributed by atoms with van der Waals surface area (Å²) in [7, 11) is 0. The largest absolute Gasteiger partial charge is 0.574 e. The van der Waals surface area contributed by atoms with Crippen molar-refractivity contribution in [3.63, 3.8) is 0 Å².